The maximum atomic E-state index is 11.1. The smallest absolute Gasteiger partial charge is 0.315 e. The molecule has 3 amide bonds. The summed E-state index contributed by atoms with van der Waals surface area (Å²) < 4.78 is 0. The highest BCUT2D eigenvalue weighted by Gasteiger charge is 2.26. The van der Waals surface area contributed by atoms with Gasteiger partial charge in [-0.3, -0.25) is 10.1 Å². The van der Waals surface area contributed by atoms with Crippen LogP contribution in [-0.2, 0) is 4.79 Å². The number of hydrogen-bond donors (Lipinski definition) is 1. The van der Waals surface area contributed by atoms with E-state index in [0.29, 0.717) is 11.8 Å². The Morgan fingerprint density at radius 1 is 1.62 bits per heavy atom. The van der Waals surface area contributed by atoms with E-state index < -0.39 is 0 Å². The van der Waals surface area contributed by atoms with Crippen LogP contribution >= 0.6 is 11.8 Å². The molecule has 1 heterocycles. The molecule has 0 radical (unpaired) electrons. The molecule has 13 heavy (non-hydrogen) atoms. The van der Waals surface area contributed by atoms with Crippen LogP contribution in [0.15, 0.2) is 0 Å². The van der Waals surface area contributed by atoms with Crippen LogP contribution in [0.5, 0.6) is 0 Å². The van der Waals surface area contributed by atoms with Crippen LogP contribution in [0.4, 0.5) is 4.79 Å². The quantitative estimate of drug-likeness (QED) is 0.682. The molecule has 0 bridgehead atoms. The molecule has 1 N–H and O–H groups in total. The van der Waals surface area contributed by atoms with E-state index in [4.69, 9.17) is 0 Å². The number of carbonyl (C=O) groups excluding carboxylic acids is 2. The van der Waals surface area contributed by atoms with Gasteiger partial charge in [-0.25, -0.2) is 4.79 Å². The SMILES string of the molecule is CSC(C)CCN1CC(=O)NC1=O. The molecule has 1 fully saturated rings. The third-order valence-electron chi connectivity index (χ3n) is 2.08. The van der Waals surface area contributed by atoms with Crippen LogP contribution in [-0.4, -0.2) is 41.4 Å². The largest absolute Gasteiger partial charge is 0.324 e. The van der Waals surface area contributed by atoms with Gasteiger partial charge in [0, 0.05) is 11.8 Å². The van der Waals surface area contributed by atoms with Crippen molar-refractivity contribution in [3.05, 3.63) is 0 Å². The van der Waals surface area contributed by atoms with Crippen molar-refractivity contribution in [2.45, 2.75) is 18.6 Å². The standard InChI is InChI=1S/C8H14N2O2S/c1-6(13-2)3-4-10-5-7(11)9-8(10)12/h6H,3-5H2,1-2H3,(H,9,11,12). The number of imide groups is 1. The van der Waals surface area contributed by atoms with Gasteiger partial charge >= 0.3 is 6.03 Å². The minimum Gasteiger partial charge on any atom is -0.315 e. The lowest BCUT2D eigenvalue weighted by molar-refractivity contribution is -0.118. The van der Waals surface area contributed by atoms with Gasteiger partial charge < -0.3 is 4.90 Å². The number of thioether (sulfide) groups is 1. The molecule has 0 spiro atoms. The first-order valence-electron chi connectivity index (χ1n) is 4.25. The minimum atomic E-state index is -0.252. The van der Waals surface area contributed by atoms with E-state index >= 15 is 0 Å². The lowest BCUT2D eigenvalue weighted by atomic mass is 10.3. The van der Waals surface area contributed by atoms with E-state index in [9.17, 15) is 9.59 Å². The predicted molar refractivity (Wildman–Crippen MR) is 52.7 cm³/mol. The summed E-state index contributed by atoms with van der Waals surface area (Å²) in [6, 6.07) is -0.252. The molecule has 74 valence electrons. The summed E-state index contributed by atoms with van der Waals surface area (Å²) in [5.74, 6) is -0.193. The number of rotatable bonds is 4. The molecule has 5 heteroatoms. The van der Waals surface area contributed by atoms with Gasteiger partial charge in [0.1, 0.15) is 6.54 Å². The third kappa shape index (κ3) is 2.91. The van der Waals surface area contributed by atoms with Gasteiger partial charge in [0.25, 0.3) is 0 Å². The highest BCUT2D eigenvalue weighted by atomic mass is 32.2. The Balaban J connectivity index is 2.29. The van der Waals surface area contributed by atoms with Crippen molar-refractivity contribution in [2.24, 2.45) is 0 Å². The first-order valence-corrected chi connectivity index (χ1v) is 5.54. The van der Waals surface area contributed by atoms with Crippen LogP contribution in [0.2, 0.25) is 0 Å². The number of urea groups is 1. The molecule has 0 aliphatic carbocycles. The van der Waals surface area contributed by atoms with E-state index in [1.807, 2.05) is 6.26 Å². The Labute approximate surface area is 82.0 Å². The maximum absolute atomic E-state index is 11.1. The Kier molecular flexibility index (Phi) is 3.59. The first-order chi connectivity index (χ1) is 6.13. The number of carbonyl (C=O) groups is 2. The van der Waals surface area contributed by atoms with Crippen molar-refractivity contribution in [3.8, 4) is 0 Å². The van der Waals surface area contributed by atoms with E-state index in [1.54, 1.807) is 16.7 Å². The topological polar surface area (TPSA) is 49.4 Å². The average Bonchev–Trinajstić information content (AvgIpc) is 2.41. The molecule has 1 atom stereocenters. The fourth-order valence-electron chi connectivity index (χ4n) is 1.12. The molecular weight excluding hydrogens is 188 g/mol. The van der Waals surface area contributed by atoms with Gasteiger partial charge in [-0.1, -0.05) is 6.92 Å². The van der Waals surface area contributed by atoms with Crippen molar-refractivity contribution < 1.29 is 9.59 Å². The summed E-state index contributed by atoms with van der Waals surface area (Å²) in [6.07, 6.45) is 2.97. The van der Waals surface area contributed by atoms with Gasteiger partial charge in [-0.15, -0.1) is 0 Å². The van der Waals surface area contributed by atoms with Crippen LogP contribution < -0.4 is 5.32 Å². The van der Waals surface area contributed by atoms with Gasteiger partial charge in [-0.05, 0) is 12.7 Å². The van der Waals surface area contributed by atoms with E-state index in [1.165, 1.54) is 0 Å². The zero-order valence-corrected chi connectivity index (χ0v) is 8.69. The Morgan fingerprint density at radius 3 is 2.77 bits per heavy atom. The molecule has 4 nitrogen and oxygen atoms in total. The van der Waals surface area contributed by atoms with Crippen LogP contribution in [0.1, 0.15) is 13.3 Å². The van der Waals surface area contributed by atoms with Crippen molar-refractivity contribution in [3.63, 3.8) is 0 Å². The lowest BCUT2D eigenvalue weighted by Gasteiger charge is -2.15. The van der Waals surface area contributed by atoms with E-state index in [2.05, 4.69) is 12.2 Å². The summed E-state index contributed by atoms with van der Waals surface area (Å²) in [6.45, 7) is 3.00. The third-order valence-corrected chi connectivity index (χ3v) is 3.12. The van der Waals surface area contributed by atoms with Gasteiger partial charge in [0.05, 0.1) is 0 Å². The monoisotopic (exact) mass is 202 g/mol. The van der Waals surface area contributed by atoms with Crippen LogP contribution in [0.25, 0.3) is 0 Å². The zero-order chi connectivity index (χ0) is 9.84. The fraction of sp³-hybridized carbons (Fsp3) is 0.750. The molecule has 1 rings (SSSR count). The number of nitrogens with zero attached hydrogens (tertiary/aromatic N) is 1. The molecule has 1 saturated heterocycles. The van der Waals surface area contributed by atoms with Crippen molar-refractivity contribution in [1.29, 1.82) is 0 Å². The van der Waals surface area contributed by atoms with E-state index in [0.717, 1.165) is 6.42 Å². The second-order valence-corrected chi connectivity index (χ2v) is 4.39. The molecule has 0 aromatic heterocycles. The average molecular weight is 202 g/mol. The second-order valence-electron chi connectivity index (χ2n) is 3.11. The van der Waals surface area contributed by atoms with Crippen molar-refractivity contribution >= 4 is 23.7 Å². The Morgan fingerprint density at radius 2 is 2.31 bits per heavy atom. The van der Waals surface area contributed by atoms with Gasteiger partial charge in [-0.2, -0.15) is 11.8 Å². The molecule has 0 aromatic carbocycles. The second kappa shape index (κ2) is 4.50. The number of nitrogens with one attached hydrogen (secondary N) is 1. The molecule has 1 aliphatic heterocycles. The molecule has 0 aromatic rings. The van der Waals surface area contributed by atoms with E-state index in [-0.39, 0.29) is 18.5 Å². The minimum absolute atomic E-state index is 0.193. The maximum Gasteiger partial charge on any atom is 0.324 e. The number of hydrogen-bond acceptors (Lipinski definition) is 3. The van der Waals surface area contributed by atoms with Crippen molar-refractivity contribution in [2.75, 3.05) is 19.3 Å². The highest BCUT2D eigenvalue weighted by molar-refractivity contribution is 7.99. The summed E-state index contributed by atoms with van der Waals surface area (Å²) in [5.41, 5.74) is 0. The Bertz CT molecular complexity index is 220. The molecular formula is C8H14N2O2S. The zero-order valence-electron chi connectivity index (χ0n) is 7.87. The Hall–Kier alpha value is -0.710. The molecule has 1 unspecified atom stereocenters. The fourth-order valence-corrected chi connectivity index (χ4v) is 1.46. The van der Waals surface area contributed by atoms with Crippen molar-refractivity contribution in [1.82, 2.24) is 10.2 Å². The van der Waals surface area contributed by atoms with Gasteiger partial charge in [0.15, 0.2) is 0 Å². The normalized spacial score (nSPS) is 19.1. The predicted octanol–water partition coefficient (Wildman–Crippen LogP) is 0.680. The van der Waals surface area contributed by atoms with Gasteiger partial charge in [0.2, 0.25) is 5.91 Å². The van der Waals surface area contributed by atoms with Crippen LogP contribution in [0.3, 0.4) is 0 Å². The molecule has 0 saturated carbocycles. The summed E-state index contributed by atoms with van der Waals surface area (Å²) in [7, 11) is 0. The van der Waals surface area contributed by atoms with Crippen LogP contribution in [0, 0.1) is 0 Å². The number of amides is 3. The highest BCUT2D eigenvalue weighted by Crippen LogP contribution is 2.11. The molecule has 1 aliphatic rings. The summed E-state index contributed by atoms with van der Waals surface area (Å²) in [5, 5.41) is 2.78. The summed E-state index contributed by atoms with van der Waals surface area (Å²) >= 11 is 1.77. The summed E-state index contributed by atoms with van der Waals surface area (Å²) in [4.78, 5) is 23.4. The first kappa shape index (κ1) is 10.4. The lowest BCUT2D eigenvalue weighted by Crippen LogP contribution is -2.30.